The zero-order chi connectivity index (χ0) is 16.3. The van der Waals surface area contributed by atoms with E-state index in [1.807, 2.05) is 38.0 Å². The van der Waals surface area contributed by atoms with Gasteiger partial charge in [0.05, 0.1) is 12.7 Å². The molecule has 0 saturated carbocycles. The molecule has 1 N–H and O–H groups in total. The number of hydrogen-bond acceptors (Lipinski definition) is 3. The lowest BCUT2D eigenvalue weighted by molar-refractivity contribution is -0.0980. The fraction of sp³-hybridized carbons (Fsp3) is 0.176. The number of rotatable bonds is 2. The van der Waals surface area contributed by atoms with E-state index in [0.717, 1.165) is 11.3 Å². The molecule has 112 valence electrons. The third kappa shape index (κ3) is 7.52. The molecule has 0 unspecified atom stereocenters. The molecule has 4 heteroatoms. The number of ether oxygens (including phenoxy) is 1. The minimum absolute atomic E-state index is 0.339. The average Bonchev–Trinajstić information content (AvgIpc) is 2.51. The topological polar surface area (TPSA) is 63.6 Å². The van der Waals surface area contributed by atoms with E-state index < -0.39 is 5.97 Å². The average molecular weight is 288 g/mol. The number of aromatic carboxylic acids is 1. The number of carbonyl (C=O) groups excluding carboxylic acids is 1. The first-order valence-electron chi connectivity index (χ1n) is 6.22. The predicted octanol–water partition coefficient (Wildman–Crippen LogP) is 3.51. The van der Waals surface area contributed by atoms with Gasteiger partial charge in [0.2, 0.25) is 0 Å². The summed E-state index contributed by atoms with van der Waals surface area (Å²) in [4.78, 5) is 18.3. The molecule has 0 saturated heterocycles. The maximum atomic E-state index is 10.3. The van der Waals surface area contributed by atoms with Gasteiger partial charge in [0.1, 0.15) is 12.5 Å². The standard InChI is InChI=1S/C8H8O2.C8H10O.CH2O/c1-6-2-4-7(5-3-6)8(9)10;1-7-3-5-8(9-2)6-4-7;1-2/h2-5H,1H3,(H,9,10);3-6H,1-2H3;1H2. The Morgan fingerprint density at radius 2 is 1.29 bits per heavy atom. The molecule has 4 nitrogen and oxygen atoms in total. The van der Waals surface area contributed by atoms with Crippen LogP contribution in [0.5, 0.6) is 5.75 Å². The van der Waals surface area contributed by atoms with Crippen LogP contribution in [0.2, 0.25) is 0 Å². The van der Waals surface area contributed by atoms with E-state index in [9.17, 15) is 4.79 Å². The van der Waals surface area contributed by atoms with E-state index in [1.165, 1.54) is 5.56 Å². The van der Waals surface area contributed by atoms with E-state index in [0.29, 0.717) is 5.56 Å². The van der Waals surface area contributed by atoms with Crippen molar-refractivity contribution in [2.45, 2.75) is 13.8 Å². The summed E-state index contributed by atoms with van der Waals surface area (Å²) in [7, 11) is 1.67. The van der Waals surface area contributed by atoms with Crippen molar-refractivity contribution in [3.05, 3.63) is 65.2 Å². The molecule has 2 aromatic rings. The number of carboxylic acids is 1. The summed E-state index contributed by atoms with van der Waals surface area (Å²) in [6.07, 6.45) is 0. The number of carboxylic acid groups (broad SMARTS) is 1. The van der Waals surface area contributed by atoms with Crippen molar-refractivity contribution < 1.29 is 19.4 Å². The van der Waals surface area contributed by atoms with Crippen molar-refractivity contribution in [1.82, 2.24) is 0 Å². The van der Waals surface area contributed by atoms with E-state index in [2.05, 4.69) is 6.92 Å². The first-order chi connectivity index (χ1) is 10.0. The molecule has 0 aliphatic rings. The summed E-state index contributed by atoms with van der Waals surface area (Å²) in [5, 5.41) is 8.48. The van der Waals surface area contributed by atoms with Crippen LogP contribution in [0, 0.1) is 13.8 Å². The highest BCUT2D eigenvalue weighted by molar-refractivity contribution is 5.87. The Kier molecular flexibility index (Phi) is 8.93. The molecule has 0 aromatic heterocycles. The van der Waals surface area contributed by atoms with Crippen molar-refractivity contribution in [3.8, 4) is 5.75 Å². The van der Waals surface area contributed by atoms with Gasteiger partial charge in [-0.25, -0.2) is 4.79 Å². The summed E-state index contributed by atoms with van der Waals surface area (Å²) >= 11 is 0. The van der Waals surface area contributed by atoms with Crippen LogP contribution in [0.15, 0.2) is 48.5 Å². The van der Waals surface area contributed by atoms with Gasteiger partial charge in [0.25, 0.3) is 0 Å². The number of carbonyl (C=O) groups is 2. The van der Waals surface area contributed by atoms with Crippen molar-refractivity contribution in [2.75, 3.05) is 7.11 Å². The smallest absolute Gasteiger partial charge is 0.335 e. The van der Waals surface area contributed by atoms with E-state index in [1.54, 1.807) is 31.4 Å². The lowest BCUT2D eigenvalue weighted by atomic mass is 10.2. The molecule has 21 heavy (non-hydrogen) atoms. The van der Waals surface area contributed by atoms with E-state index in [-0.39, 0.29) is 0 Å². The maximum absolute atomic E-state index is 10.3. The van der Waals surface area contributed by atoms with Gasteiger partial charge in [-0.05, 0) is 38.1 Å². The van der Waals surface area contributed by atoms with E-state index >= 15 is 0 Å². The highest BCUT2D eigenvalue weighted by atomic mass is 16.5. The summed E-state index contributed by atoms with van der Waals surface area (Å²) in [5.74, 6) is 0.0422. The second kappa shape index (κ2) is 10.2. The van der Waals surface area contributed by atoms with Crippen molar-refractivity contribution in [1.29, 1.82) is 0 Å². The van der Waals surface area contributed by atoms with Crippen LogP contribution in [0.4, 0.5) is 0 Å². The normalized spacial score (nSPS) is 8.52. The fourth-order valence-electron chi connectivity index (χ4n) is 1.37. The molecule has 0 heterocycles. The predicted molar refractivity (Wildman–Crippen MR) is 83.0 cm³/mol. The van der Waals surface area contributed by atoms with Gasteiger partial charge in [-0.1, -0.05) is 35.4 Å². The van der Waals surface area contributed by atoms with Gasteiger partial charge in [-0.15, -0.1) is 0 Å². The Morgan fingerprint density at radius 3 is 1.62 bits per heavy atom. The largest absolute Gasteiger partial charge is 0.497 e. The Morgan fingerprint density at radius 1 is 0.905 bits per heavy atom. The van der Waals surface area contributed by atoms with Crippen molar-refractivity contribution >= 4 is 12.8 Å². The summed E-state index contributed by atoms with van der Waals surface area (Å²) in [5.41, 5.74) is 2.67. The van der Waals surface area contributed by atoms with Crippen LogP contribution in [-0.2, 0) is 4.79 Å². The Balaban J connectivity index is 0.000000342. The number of benzene rings is 2. The van der Waals surface area contributed by atoms with Crippen LogP contribution >= 0.6 is 0 Å². The van der Waals surface area contributed by atoms with Crippen LogP contribution in [0.25, 0.3) is 0 Å². The SMILES string of the molecule is C=O.COc1ccc(C)cc1.Cc1ccc(C(=O)O)cc1. The van der Waals surface area contributed by atoms with Gasteiger partial charge in [0, 0.05) is 0 Å². The van der Waals surface area contributed by atoms with Crippen LogP contribution in [0.3, 0.4) is 0 Å². The van der Waals surface area contributed by atoms with Gasteiger partial charge in [-0.3, -0.25) is 0 Å². The zero-order valence-electron chi connectivity index (χ0n) is 12.5. The van der Waals surface area contributed by atoms with Crippen LogP contribution in [-0.4, -0.2) is 25.0 Å². The minimum Gasteiger partial charge on any atom is -0.497 e. The molecular weight excluding hydrogens is 268 g/mol. The second-order valence-corrected chi connectivity index (χ2v) is 4.19. The van der Waals surface area contributed by atoms with Gasteiger partial charge in [0.15, 0.2) is 0 Å². The van der Waals surface area contributed by atoms with Crippen molar-refractivity contribution in [3.63, 3.8) is 0 Å². The molecule has 2 aromatic carbocycles. The molecule has 0 atom stereocenters. The zero-order valence-corrected chi connectivity index (χ0v) is 12.5. The first-order valence-corrected chi connectivity index (χ1v) is 6.22. The third-order valence-corrected chi connectivity index (χ3v) is 2.56. The lowest BCUT2D eigenvalue weighted by Gasteiger charge is -1.97. The summed E-state index contributed by atoms with van der Waals surface area (Å²) in [6, 6.07) is 14.7. The molecule has 0 fully saturated rings. The molecular formula is C17H20O4. The molecule has 0 aliphatic carbocycles. The van der Waals surface area contributed by atoms with E-state index in [4.69, 9.17) is 14.6 Å². The molecule has 0 spiro atoms. The minimum atomic E-state index is -0.875. The van der Waals surface area contributed by atoms with Crippen LogP contribution < -0.4 is 4.74 Å². The van der Waals surface area contributed by atoms with Gasteiger partial charge < -0.3 is 14.6 Å². The third-order valence-electron chi connectivity index (χ3n) is 2.56. The van der Waals surface area contributed by atoms with Gasteiger partial charge in [-0.2, -0.15) is 0 Å². The van der Waals surface area contributed by atoms with Crippen molar-refractivity contribution in [2.24, 2.45) is 0 Å². The van der Waals surface area contributed by atoms with Crippen LogP contribution in [0.1, 0.15) is 21.5 Å². The monoisotopic (exact) mass is 288 g/mol. The lowest BCUT2D eigenvalue weighted by Crippen LogP contribution is -1.94. The second-order valence-electron chi connectivity index (χ2n) is 4.19. The molecule has 2 rings (SSSR count). The Labute approximate surface area is 125 Å². The Bertz CT molecular complexity index is 530. The fourth-order valence-corrected chi connectivity index (χ4v) is 1.37. The molecule has 0 amide bonds. The quantitative estimate of drug-likeness (QED) is 0.918. The Hall–Kier alpha value is -2.62. The molecule has 0 aliphatic heterocycles. The number of hydrogen-bond donors (Lipinski definition) is 1. The molecule has 0 bridgehead atoms. The summed E-state index contributed by atoms with van der Waals surface area (Å²) in [6.45, 7) is 5.98. The highest BCUT2D eigenvalue weighted by Crippen LogP contribution is 2.09. The first kappa shape index (κ1) is 18.4. The number of methoxy groups -OCH3 is 1. The maximum Gasteiger partial charge on any atom is 0.335 e. The number of aryl methyl sites for hydroxylation is 2. The molecule has 0 radical (unpaired) electrons. The highest BCUT2D eigenvalue weighted by Gasteiger charge is 1.98. The van der Waals surface area contributed by atoms with Gasteiger partial charge >= 0.3 is 5.97 Å². The summed E-state index contributed by atoms with van der Waals surface area (Å²) < 4.78 is 4.97.